The summed E-state index contributed by atoms with van der Waals surface area (Å²) in [7, 11) is -3.83. The molecule has 1 aromatic rings. The molecular weight excluding hydrogens is 385 g/mol. The first-order valence-electron chi connectivity index (χ1n) is 9.42. The molecule has 0 aliphatic carbocycles. The van der Waals surface area contributed by atoms with Crippen LogP contribution in [0.15, 0.2) is 23.1 Å². The molecular formula is C19H28FN3O4S. The summed E-state index contributed by atoms with van der Waals surface area (Å²) in [4.78, 5) is 26.2. The van der Waals surface area contributed by atoms with Gasteiger partial charge in [-0.2, -0.15) is 0 Å². The van der Waals surface area contributed by atoms with Crippen LogP contribution in [0.5, 0.6) is 0 Å². The molecule has 0 aromatic heterocycles. The molecule has 28 heavy (non-hydrogen) atoms. The molecule has 0 atom stereocenters. The molecule has 1 aliphatic rings. The van der Waals surface area contributed by atoms with E-state index < -0.39 is 21.7 Å². The normalized spacial score (nSPS) is 15.9. The van der Waals surface area contributed by atoms with E-state index in [1.54, 1.807) is 13.8 Å². The highest BCUT2D eigenvalue weighted by molar-refractivity contribution is 7.89. The van der Waals surface area contributed by atoms with Gasteiger partial charge in [0, 0.05) is 31.1 Å². The van der Waals surface area contributed by atoms with Crippen LogP contribution in [-0.2, 0) is 14.8 Å². The van der Waals surface area contributed by atoms with E-state index >= 15 is 0 Å². The molecule has 0 bridgehead atoms. The first-order valence-corrected chi connectivity index (χ1v) is 10.9. The quantitative estimate of drug-likeness (QED) is 0.744. The molecule has 0 saturated carbocycles. The summed E-state index contributed by atoms with van der Waals surface area (Å²) in [6.45, 7) is 7.74. The van der Waals surface area contributed by atoms with E-state index in [9.17, 15) is 22.4 Å². The predicted octanol–water partition coefficient (Wildman–Crippen LogP) is 1.89. The number of piperidine rings is 1. The second-order valence-corrected chi connectivity index (χ2v) is 9.36. The lowest BCUT2D eigenvalue weighted by Gasteiger charge is -2.32. The molecule has 1 aromatic carbocycles. The lowest BCUT2D eigenvalue weighted by molar-refractivity contribution is -0.126. The van der Waals surface area contributed by atoms with E-state index in [1.165, 1.54) is 4.90 Å². The molecule has 156 valence electrons. The van der Waals surface area contributed by atoms with E-state index in [0.717, 1.165) is 18.2 Å². The average molecular weight is 414 g/mol. The number of sulfonamides is 1. The number of rotatable bonds is 6. The lowest BCUT2D eigenvalue weighted by atomic mass is 9.95. The van der Waals surface area contributed by atoms with Crippen molar-refractivity contribution in [1.29, 1.82) is 0 Å². The van der Waals surface area contributed by atoms with Crippen molar-refractivity contribution in [2.24, 2.45) is 5.92 Å². The number of nitrogens with one attached hydrogen (secondary N) is 2. The fourth-order valence-electron chi connectivity index (χ4n) is 3.13. The van der Waals surface area contributed by atoms with Gasteiger partial charge >= 0.3 is 0 Å². The Morgan fingerprint density at radius 2 is 1.71 bits per heavy atom. The summed E-state index contributed by atoms with van der Waals surface area (Å²) in [6.07, 6.45) is 0.970. The maximum atomic E-state index is 14.2. The largest absolute Gasteiger partial charge is 0.354 e. The molecule has 2 rings (SSSR count). The minimum atomic E-state index is -3.83. The van der Waals surface area contributed by atoms with Crippen LogP contribution in [0.2, 0.25) is 0 Å². The summed E-state index contributed by atoms with van der Waals surface area (Å²) in [5.74, 6) is -1.56. The molecule has 7 nitrogen and oxygen atoms in total. The van der Waals surface area contributed by atoms with Gasteiger partial charge in [-0.1, -0.05) is 0 Å². The highest BCUT2D eigenvalue weighted by Gasteiger charge is 2.30. The van der Waals surface area contributed by atoms with E-state index in [0.29, 0.717) is 25.9 Å². The van der Waals surface area contributed by atoms with Gasteiger partial charge in [0.1, 0.15) is 5.82 Å². The van der Waals surface area contributed by atoms with Gasteiger partial charge in [0.2, 0.25) is 15.9 Å². The molecule has 0 unspecified atom stereocenters. The number of benzene rings is 1. The summed E-state index contributed by atoms with van der Waals surface area (Å²) in [5.41, 5.74) is -0.281. The maximum absolute atomic E-state index is 14.2. The van der Waals surface area contributed by atoms with Crippen LogP contribution in [0.25, 0.3) is 0 Å². The van der Waals surface area contributed by atoms with Gasteiger partial charge in [0.05, 0.1) is 10.5 Å². The van der Waals surface area contributed by atoms with E-state index in [2.05, 4.69) is 10.0 Å². The zero-order valence-electron chi connectivity index (χ0n) is 16.7. The van der Waals surface area contributed by atoms with Crippen molar-refractivity contribution in [3.05, 3.63) is 29.6 Å². The Bertz CT molecular complexity index is 832. The summed E-state index contributed by atoms with van der Waals surface area (Å²) in [5, 5.41) is 2.86. The molecule has 0 radical (unpaired) electrons. The third-order valence-corrected chi connectivity index (χ3v) is 6.11. The standard InChI is InChI=1S/C19H28FN3O4S/c1-12(2)21-18(24)14-7-9-23(10-8-14)19(25)16-11-15(5-6-17(16)20)28(26,27)22-13(3)4/h5-6,11-14,22H,7-10H2,1-4H3,(H,21,24). The van der Waals surface area contributed by atoms with Gasteiger partial charge in [0.15, 0.2) is 0 Å². The van der Waals surface area contributed by atoms with Crippen molar-refractivity contribution in [1.82, 2.24) is 14.9 Å². The summed E-state index contributed by atoms with van der Waals surface area (Å²) in [6, 6.07) is 2.92. The number of halogens is 1. The molecule has 0 spiro atoms. The van der Waals surface area contributed by atoms with Crippen molar-refractivity contribution in [3.8, 4) is 0 Å². The van der Waals surface area contributed by atoms with Gasteiger partial charge in [-0.25, -0.2) is 17.5 Å². The number of likely N-dealkylation sites (tertiary alicyclic amines) is 1. The fourth-order valence-corrected chi connectivity index (χ4v) is 4.41. The topological polar surface area (TPSA) is 95.6 Å². The monoisotopic (exact) mass is 413 g/mol. The molecule has 9 heteroatoms. The first-order chi connectivity index (χ1) is 13.0. The number of nitrogens with zero attached hydrogens (tertiary/aromatic N) is 1. The average Bonchev–Trinajstić information content (AvgIpc) is 2.60. The van der Waals surface area contributed by atoms with Gasteiger partial charge in [-0.3, -0.25) is 9.59 Å². The third kappa shape index (κ3) is 5.51. The molecule has 2 amide bonds. The minimum Gasteiger partial charge on any atom is -0.354 e. The Kier molecular flexibility index (Phi) is 7.16. The van der Waals surface area contributed by atoms with Crippen LogP contribution >= 0.6 is 0 Å². The zero-order valence-corrected chi connectivity index (χ0v) is 17.5. The second kappa shape index (κ2) is 9.00. The zero-order chi connectivity index (χ0) is 21.1. The van der Waals surface area contributed by atoms with E-state index in [-0.39, 0.29) is 34.4 Å². The second-order valence-electron chi connectivity index (χ2n) is 7.65. The molecule has 1 saturated heterocycles. The fraction of sp³-hybridized carbons (Fsp3) is 0.579. The predicted molar refractivity (Wildman–Crippen MR) is 104 cm³/mol. The Hall–Kier alpha value is -2.00. The third-order valence-electron chi connectivity index (χ3n) is 4.45. The van der Waals surface area contributed by atoms with Crippen LogP contribution in [0.1, 0.15) is 50.9 Å². The Morgan fingerprint density at radius 3 is 2.25 bits per heavy atom. The van der Waals surface area contributed by atoms with Crippen LogP contribution < -0.4 is 10.0 Å². The van der Waals surface area contributed by atoms with Crippen LogP contribution in [0, 0.1) is 11.7 Å². The van der Waals surface area contributed by atoms with Crippen molar-refractivity contribution in [2.75, 3.05) is 13.1 Å². The van der Waals surface area contributed by atoms with E-state index in [1.807, 2.05) is 13.8 Å². The molecule has 1 heterocycles. The van der Waals surface area contributed by atoms with E-state index in [4.69, 9.17) is 0 Å². The van der Waals surface area contributed by atoms with Crippen molar-refractivity contribution in [2.45, 2.75) is 57.5 Å². The molecule has 2 N–H and O–H groups in total. The van der Waals surface area contributed by atoms with Crippen molar-refractivity contribution < 1.29 is 22.4 Å². The van der Waals surface area contributed by atoms with Crippen LogP contribution in [0.3, 0.4) is 0 Å². The maximum Gasteiger partial charge on any atom is 0.256 e. The Balaban J connectivity index is 2.13. The lowest BCUT2D eigenvalue weighted by Crippen LogP contribution is -2.44. The number of hydrogen-bond acceptors (Lipinski definition) is 4. The van der Waals surface area contributed by atoms with Gasteiger partial charge < -0.3 is 10.2 Å². The smallest absolute Gasteiger partial charge is 0.256 e. The Labute approximate surface area is 165 Å². The SMILES string of the molecule is CC(C)NC(=O)C1CCN(C(=O)c2cc(S(=O)(=O)NC(C)C)ccc2F)CC1. The van der Waals surface area contributed by atoms with Crippen molar-refractivity contribution >= 4 is 21.8 Å². The van der Waals surface area contributed by atoms with Gasteiger partial charge in [0.25, 0.3) is 5.91 Å². The highest BCUT2D eigenvalue weighted by atomic mass is 32.2. The Morgan fingerprint density at radius 1 is 1.11 bits per heavy atom. The van der Waals surface area contributed by atoms with Crippen LogP contribution in [0.4, 0.5) is 4.39 Å². The van der Waals surface area contributed by atoms with Crippen LogP contribution in [-0.4, -0.2) is 50.3 Å². The summed E-state index contributed by atoms with van der Waals surface area (Å²) >= 11 is 0. The first kappa shape index (κ1) is 22.3. The summed E-state index contributed by atoms with van der Waals surface area (Å²) < 4.78 is 41.3. The number of amides is 2. The molecule has 1 fully saturated rings. The number of carbonyl (C=O) groups excluding carboxylic acids is 2. The van der Waals surface area contributed by atoms with Gasteiger partial charge in [-0.15, -0.1) is 0 Å². The number of hydrogen-bond donors (Lipinski definition) is 2. The number of carbonyl (C=O) groups is 2. The molecule has 1 aliphatic heterocycles. The van der Waals surface area contributed by atoms with Crippen molar-refractivity contribution in [3.63, 3.8) is 0 Å². The minimum absolute atomic E-state index is 0.0406. The highest BCUT2D eigenvalue weighted by Crippen LogP contribution is 2.22. The van der Waals surface area contributed by atoms with Gasteiger partial charge in [-0.05, 0) is 58.7 Å².